The third-order valence-electron chi connectivity index (χ3n) is 1.16. The van der Waals surface area contributed by atoms with Crippen LogP contribution < -0.4 is 0 Å². The molecule has 0 spiro atoms. The lowest BCUT2D eigenvalue weighted by molar-refractivity contribution is -0.163. The zero-order valence-electron chi connectivity index (χ0n) is 6.89. The Labute approximate surface area is 73.1 Å². The molecule has 3 nitrogen and oxygen atoms in total. The molecule has 0 bridgehead atoms. The first-order valence-electron chi connectivity index (χ1n) is 3.53. The average Bonchev–Trinajstić information content (AvgIpc) is 1.99. The third kappa shape index (κ3) is 5.06. The van der Waals surface area contributed by atoms with Gasteiger partial charge in [0.05, 0.1) is 19.1 Å². The average molecular weight is 195 g/mol. The summed E-state index contributed by atoms with van der Waals surface area (Å²) in [6, 6.07) is 1.25. The molecule has 0 radical (unpaired) electrons. The minimum absolute atomic E-state index is 0.0329. The molecular formula is C7H8F3NO2. The quantitative estimate of drug-likeness (QED) is 0.643. The van der Waals surface area contributed by atoms with Crippen LogP contribution in [0.1, 0.15) is 13.3 Å². The summed E-state index contributed by atoms with van der Waals surface area (Å²) in [5.74, 6) is -2.87. The number of ether oxygens (including phenoxy) is 1. The van der Waals surface area contributed by atoms with Crippen molar-refractivity contribution < 1.29 is 22.7 Å². The Kier molecular flexibility index (Phi) is 4.25. The van der Waals surface area contributed by atoms with Crippen LogP contribution in [0.4, 0.5) is 13.2 Å². The lowest BCUT2D eigenvalue weighted by atomic mass is 10.1. The number of esters is 1. The van der Waals surface area contributed by atoms with Gasteiger partial charge in [0.15, 0.2) is 5.92 Å². The van der Waals surface area contributed by atoms with Gasteiger partial charge in [-0.1, -0.05) is 0 Å². The van der Waals surface area contributed by atoms with E-state index in [0.29, 0.717) is 0 Å². The van der Waals surface area contributed by atoms with Gasteiger partial charge in [-0.15, -0.1) is 0 Å². The summed E-state index contributed by atoms with van der Waals surface area (Å²) in [6.45, 7) is 1.43. The van der Waals surface area contributed by atoms with E-state index < -0.39 is 24.5 Å². The van der Waals surface area contributed by atoms with E-state index in [9.17, 15) is 18.0 Å². The molecule has 74 valence electrons. The molecule has 0 aliphatic rings. The first-order chi connectivity index (χ1) is 5.90. The number of nitriles is 1. The summed E-state index contributed by atoms with van der Waals surface area (Å²) >= 11 is 0. The second-order valence-electron chi connectivity index (χ2n) is 2.25. The molecule has 0 aromatic rings. The van der Waals surface area contributed by atoms with Gasteiger partial charge in [-0.3, -0.25) is 4.79 Å². The Morgan fingerprint density at radius 3 is 2.46 bits per heavy atom. The van der Waals surface area contributed by atoms with Crippen molar-refractivity contribution >= 4 is 5.97 Å². The van der Waals surface area contributed by atoms with Gasteiger partial charge in [-0.2, -0.15) is 18.4 Å². The first kappa shape index (κ1) is 11.8. The molecule has 0 aliphatic heterocycles. The van der Waals surface area contributed by atoms with Crippen LogP contribution in [0.3, 0.4) is 0 Å². The largest absolute Gasteiger partial charge is 0.465 e. The van der Waals surface area contributed by atoms with Crippen molar-refractivity contribution in [3.8, 4) is 6.07 Å². The van der Waals surface area contributed by atoms with Crippen LogP contribution in [0.25, 0.3) is 0 Å². The van der Waals surface area contributed by atoms with E-state index in [0.717, 1.165) is 0 Å². The lowest BCUT2D eigenvalue weighted by Gasteiger charge is -2.10. The number of carbonyl (C=O) groups is 1. The fourth-order valence-corrected chi connectivity index (χ4v) is 0.656. The van der Waals surface area contributed by atoms with Crippen molar-refractivity contribution in [3.63, 3.8) is 0 Å². The zero-order chi connectivity index (χ0) is 10.5. The summed E-state index contributed by atoms with van der Waals surface area (Å²) in [6.07, 6.45) is -5.98. The lowest BCUT2D eigenvalue weighted by Crippen LogP contribution is -2.23. The van der Waals surface area contributed by atoms with E-state index in [1.807, 2.05) is 0 Å². The van der Waals surface area contributed by atoms with Crippen LogP contribution in [0.5, 0.6) is 0 Å². The van der Waals surface area contributed by atoms with E-state index in [1.165, 1.54) is 13.0 Å². The van der Waals surface area contributed by atoms with Gasteiger partial charge in [0, 0.05) is 0 Å². The van der Waals surface area contributed by atoms with E-state index >= 15 is 0 Å². The fourth-order valence-electron chi connectivity index (χ4n) is 0.656. The van der Waals surface area contributed by atoms with Gasteiger partial charge in [-0.25, -0.2) is 0 Å². The summed E-state index contributed by atoms with van der Waals surface area (Å²) in [5.41, 5.74) is 0. The van der Waals surface area contributed by atoms with Crippen LogP contribution in [-0.2, 0) is 9.53 Å². The van der Waals surface area contributed by atoms with Crippen molar-refractivity contribution in [3.05, 3.63) is 0 Å². The summed E-state index contributed by atoms with van der Waals surface area (Å²) < 4.78 is 39.5. The highest BCUT2D eigenvalue weighted by Crippen LogP contribution is 2.25. The van der Waals surface area contributed by atoms with E-state index in [4.69, 9.17) is 5.26 Å². The minimum Gasteiger partial charge on any atom is -0.465 e. The van der Waals surface area contributed by atoms with Gasteiger partial charge in [0.2, 0.25) is 0 Å². The molecule has 1 unspecified atom stereocenters. The molecule has 0 heterocycles. The number of rotatable bonds is 3. The molecule has 0 aromatic carbocycles. The number of carbonyl (C=O) groups excluding carboxylic acids is 1. The molecule has 0 fully saturated rings. The third-order valence-corrected chi connectivity index (χ3v) is 1.16. The number of hydrogen-bond donors (Lipinski definition) is 0. The first-order valence-corrected chi connectivity index (χ1v) is 3.53. The molecular weight excluding hydrogens is 187 g/mol. The maximum Gasteiger partial charge on any atom is 0.390 e. The molecule has 0 aromatic heterocycles. The SMILES string of the molecule is CCOC(=O)C(C#N)CC(F)(F)F. The van der Waals surface area contributed by atoms with Gasteiger partial charge in [0.25, 0.3) is 0 Å². The van der Waals surface area contributed by atoms with Crippen molar-refractivity contribution in [2.75, 3.05) is 6.61 Å². The second kappa shape index (κ2) is 4.70. The highest BCUT2D eigenvalue weighted by molar-refractivity contribution is 5.75. The van der Waals surface area contributed by atoms with Crippen molar-refractivity contribution in [1.29, 1.82) is 5.26 Å². The van der Waals surface area contributed by atoms with Crippen molar-refractivity contribution in [2.24, 2.45) is 5.92 Å². The van der Waals surface area contributed by atoms with Crippen LogP contribution in [-0.4, -0.2) is 18.8 Å². The Bertz CT molecular complexity index is 219. The topological polar surface area (TPSA) is 50.1 Å². The highest BCUT2D eigenvalue weighted by Gasteiger charge is 2.36. The molecule has 0 rings (SSSR count). The smallest absolute Gasteiger partial charge is 0.390 e. The van der Waals surface area contributed by atoms with Crippen LogP contribution in [0.15, 0.2) is 0 Å². The molecule has 0 N–H and O–H groups in total. The monoisotopic (exact) mass is 195 g/mol. The summed E-state index contributed by atoms with van der Waals surface area (Å²) in [7, 11) is 0. The van der Waals surface area contributed by atoms with E-state index in [1.54, 1.807) is 0 Å². The molecule has 0 amide bonds. The maximum absolute atomic E-state index is 11.7. The molecule has 0 saturated carbocycles. The standard InChI is InChI=1S/C7H8F3NO2/c1-2-13-6(12)5(4-11)3-7(8,9)10/h5H,2-3H2,1H3. The van der Waals surface area contributed by atoms with Crippen LogP contribution >= 0.6 is 0 Å². The van der Waals surface area contributed by atoms with Crippen molar-refractivity contribution in [1.82, 2.24) is 0 Å². The Hall–Kier alpha value is -1.25. The van der Waals surface area contributed by atoms with Gasteiger partial charge < -0.3 is 4.74 Å². The Morgan fingerprint density at radius 2 is 2.15 bits per heavy atom. The molecule has 0 aliphatic carbocycles. The predicted molar refractivity (Wildman–Crippen MR) is 36.4 cm³/mol. The zero-order valence-corrected chi connectivity index (χ0v) is 6.89. The van der Waals surface area contributed by atoms with Gasteiger partial charge in [-0.05, 0) is 6.92 Å². The van der Waals surface area contributed by atoms with Gasteiger partial charge >= 0.3 is 12.1 Å². The summed E-state index contributed by atoms with van der Waals surface area (Å²) in [5, 5.41) is 8.24. The van der Waals surface area contributed by atoms with Crippen LogP contribution in [0.2, 0.25) is 0 Å². The number of alkyl halides is 3. The van der Waals surface area contributed by atoms with Crippen LogP contribution in [0, 0.1) is 17.2 Å². The molecule has 6 heteroatoms. The molecule has 13 heavy (non-hydrogen) atoms. The normalized spacial score (nSPS) is 13.2. The number of nitrogens with zero attached hydrogens (tertiary/aromatic N) is 1. The highest BCUT2D eigenvalue weighted by atomic mass is 19.4. The summed E-state index contributed by atoms with van der Waals surface area (Å²) in [4.78, 5) is 10.7. The van der Waals surface area contributed by atoms with Gasteiger partial charge in [0.1, 0.15) is 0 Å². The fraction of sp³-hybridized carbons (Fsp3) is 0.714. The minimum atomic E-state index is -4.52. The van der Waals surface area contributed by atoms with E-state index in [2.05, 4.69) is 4.74 Å². The Balaban J connectivity index is 4.21. The maximum atomic E-state index is 11.7. The number of halogens is 3. The predicted octanol–water partition coefficient (Wildman–Crippen LogP) is 1.64. The second-order valence-corrected chi connectivity index (χ2v) is 2.25. The van der Waals surface area contributed by atoms with E-state index in [-0.39, 0.29) is 6.61 Å². The molecule has 0 saturated heterocycles. The molecule has 1 atom stereocenters. The van der Waals surface area contributed by atoms with Crippen molar-refractivity contribution in [2.45, 2.75) is 19.5 Å². The Morgan fingerprint density at radius 1 is 1.62 bits per heavy atom. The number of hydrogen-bond acceptors (Lipinski definition) is 3.